The molecule has 0 aromatic carbocycles. The maximum Gasteiger partial charge on any atom is 0.325 e. The molecule has 1 saturated carbocycles. The van der Waals surface area contributed by atoms with Gasteiger partial charge in [-0.2, -0.15) is 0 Å². The number of methoxy groups -OCH3 is 1. The summed E-state index contributed by atoms with van der Waals surface area (Å²) in [4.78, 5) is 19.2. The van der Waals surface area contributed by atoms with Crippen molar-refractivity contribution in [2.75, 3.05) is 19.0 Å². The standard InChI is InChI=1S/C11H15N3O2/c1-16-11(15)6-12-10-5-9(13-7-14-10)4-8-2-3-8/h5,7-8H,2-4,6H2,1H3,(H,12,13,14). The third kappa shape index (κ3) is 3.18. The van der Waals surface area contributed by atoms with Crippen molar-refractivity contribution in [1.29, 1.82) is 0 Å². The van der Waals surface area contributed by atoms with Crippen molar-refractivity contribution in [2.45, 2.75) is 19.3 Å². The Morgan fingerprint density at radius 2 is 2.38 bits per heavy atom. The summed E-state index contributed by atoms with van der Waals surface area (Å²) < 4.78 is 4.53. The molecule has 16 heavy (non-hydrogen) atoms. The molecule has 1 heterocycles. The second-order valence-electron chi connectivity index (χ2n) is 3.97. The molecule has 0 radical (unpaired) electrons. The summed E-state index contributed by atoms with van der Waals surface area (Å²) in [5, 5.41) is 2.90. The van der Waals surface area contributed by atoms with Gasteiger partial charge in [0.05, 0.1) is 7.11 Å². The highest BCUT2D eigenvalue weighted by Gasteiger charge is 2.22. The molecule has 0 atom stereocenters. The molecule has 5 nitrogen and oxygen atoms in total. The van der Waals surface area contributed by atoms with Crippen LogP contribution in [0.2, 0.25) is 0 Å². The van der Waals surface area contributed by atoms with Crippen LogP contribution in [-0.4, -0.2) is 29.6 Å². The second kappa shape index (κ2) is 4.92. The van der Waals surface area contributed by atoms with Crippen molar-refractivity contribution in [1.82, 2.24) is 9.97 Å². The van der Waals surface area contributed by atoms with Gasteiger partial charge in [0.1, 0.15) is 18.7 Å². The topological polar surface area (TPSA) is 64.1 Å². The van der Waals surface area contributed by atoms with Gasteiger partial charge in [-0.15, -0.1) is 0 Å². The van der Waals surface area contributed by atoms with Gasteiger partial charge in [-0.05, 0) is 25.2 Å². The lowest BCUT2D eigenvalue weighted by Crippen LogP contribution is -2.15. The molecule has 1 aliphatic rings. The van der Waals surface area contributed by atoms with Crippen LogP contribution in [0.4, 0.5) is 5.82 Å². The van der Waals surface area contributed by atoms with E-state index in [1.54, 1.807) is 0 Å². The van der Waals surface area contributed by atoms with Gasteiger partial charge in [0, 0.05) is 11.8 Å². The number of carbonyl (C=O) groups excluding carboxylic acids is 1. The monoisotopic (exact) mass is 221 g/mol. The molecule has 5 heteroatoms. The van der Waals surface area contributed by atoms with Crippen LogP contribution in [0, 0.1) is 5.92 Å². The lowest BCUT2D eigenvalue weighted by atomic mass is 10.2. The average molecular weight is 221 g/mol. The van der Waals surface area contributed by atoms with Crippen molar-refractivity contribution in [3.05, 3.63) is 18.1 Å². The van der Waals surface area contributed by atoms with Crippen LogP contribution < -0.4 is 5.32 Å². The lowest BCUT2D eigenvalue weighted by Gasteiger charge is -2.05. The zero-order chi connectivity index (χ0) is 11.4. The van der Waals surface area contributed by atoms with Crippen LogP contribution in [-0.2, 0) is 16.0 Å². The van der Waals surface area contributed by atoms with Gasteiger partial charge in [0.15, 0.2) is 0 Å². The van der Waals surface area contributed by atoms with Gasteiger partial charge in [-0.25, -0.2) is 9.97 Å². The molecular weight excluding hydrogens is 206 g/mol. The smallest absolute Gasteiger partial charge is 0.325 e. The number of esters is 1. The lowest BCUT2D eigenvalue weighted by molar-refractivity contribution is -0.138. The third-order valence-corrected chi connectivity index (χ3v) is 2.56. The Balaban J connectivity index is 1.90. The minimum Gasteiger partial charge on any atom is -0.468 e. The minimum atomic E-state index is -0.303. The van der Waals surface area contributed by atoms with E-state index >= 15 is 0 Å². The number of carbonyl (C=O) groups is 1. The Morgan fingerprint density at radius 1 is 1.56 bits per heavy atom. The van der Waals surface area contributed by atoms with Crippen LogP contribution in [0.25, 0.3) is 0 Å². The summed E-state index contributed by atoms with van der Waals surface area (Å²) in [5.41, 5.74) is 1.03. The maximum atomic E-state index is 10.9. The number of nitrogens with zero attached hydrogens (tertiary/aromatic N) is 2. The maximum absolute atomic E-state index is 10.9. The Hall–Kier alpha value is -1.65. The van der Waals surface area contributed by atoms with Crippen molar-refractivity contribution in [3.63, 3.8) is 0 Å². The molecule has 0 bridgehead atoms. The van der Waals surface area contributed by atoms with Crippen LogP contribution in [0.1, 0.15) is 18.5 Å². The van der Waals surface area contributed by atoms with Crippen LogP contribution in [0.3, 0.4) is 0 Å². The molecule has 1 aromatic heterocycles. The predicted molar refractivity (Wildman–Crippen MR) is 59.0 cm³/mol. The summed E-state index contributed by atoms with van der Waals surface area (Å²) in [6.45, 7) is 0.135. The van der Waals surface area contributed by atoms with Crippen molar-refractivity contribution < 1.29 is 9.53 Å². The van der Waals surface area contributed by atoms with Gasteiger partial charge in [0.2, 0.25) is 0 Å². The highest BCUT2D eigenvalue weighted by molar-refractivity contribution is 5.74. The number of aromatic nitrogens is 2. The summed E-state index contributed by atoms with van der Waals surface area (Å²) >= 11 is 0. The van der Waals surface area contributed by atoms with Crippen molar-refractivity contribution >= 4 is 11.8 Å². The predicted octanol–water partition coefficient (Wildman–Crippen LogP) is 1.01. The van der Waals surface area contributed by atoms with Crippen molar-refractivity contribution in [3.8, 4) is 0 Å². The molecule has 0 saturated heterocycles. The van der Waals surface area contributed by atoms with Crippen molar-refractivity contribution in [2.24, 2.45) is 5.92 Å². The quantitative estimate of drug-likeness (QED) is 0.752. The molecule has 0 spiro atoms. The number of rotatable bonds is 5. The van der Waals surface area contributed by atoms with Crippen LogP contribution in [0.5, 0.6) is 0 Å². The molecule has 1 aromatic rings. The zero-order valence-corrected chi connectivity index (χ0v) is 9.27. The average Bonchev–Trinajstić information content (AvgIpc) is 3.10. The normalized spacial score (nSPS) is 14.6. The molecule has 1 aliphatic carbocycles. The summed E-state index contributed by atoms with van der Waals surface area (Å²) in [6.07, 6.45) is 5.14. The molecule has 0 unspecified atom stereocenters. The first-order valence-corrected chi connectivity index (χ1v) is 5.39. The van der Waals surface area contributed by atoms with Gasteiger partial charge in [-0.3, -0.25) is 4.79 Å². The molecule has 86 valence electrons. The van der Waals surface area contributed by atoms with Gasteiger partial charge >= 0.3 is 5.97 Å². The molecule has 1 fully saturated rings. The van der Waals surface area contributed by atoms with Crippen LogP contribution in [0.15, 0.2) is 12.4 Å². The summed E-state index contributed by atoms with van der Waals surface area (Å²) in [6, 6.07) is 1.89. The largest absolute Gasteiger partial charge is 0.468 e. The van der Waals surface area contributed by atoms with E-state index in [1.165, 1.54) is 26.3 Å². The zero-order valence-electron chi connectivity index (χ0n) is 9.27. The fourth-order valence-electron chi connectivity index (χ4n) is 1.46. The number of hydrogen-bond acceptors (Lipinski definition) is 5. The minimum absolute atomic E-state index is 0.135. The van der Waals surface area contributed by atoms with E-state index in [0.29, 0.717) is 5.82 Å². The molecular formula is C11H15N3O2. The Labute approximate surface area is 94.2 Å². The summed E-state index contributed by atoms with van der Waals surface area (Å²) in [7, 11) is 1.36. The second-order valence-corrected chi connectivity index (χ2v) is 3.97. The summed E-state index contributed by atoms with van der Waals surface area (Å²) in [5.74, 6) is 1.17. The fraction of sp³-hybridized carbons (Fsp3) is 0.545. The van der Waals surface area contributed by atoms with E-state index in [0.717, 1.165) is 18.0 Å². The van der Waals surface area contributed by atoms with E-state index in [1.807, 2.05) is 6.07 Å². The number of ether oxygens (including phenoxy) is 1. The molecule has 1 N–H and O–H groups in total. The van der Waals surface area contributed by atoms with Gasteiger partial charge < -0.3 is 10.1 Å². The Bertz CT molecular complexity index is 377. The first-order chi connectivity index (χ1) is 7.78. The van der Waals surface area contributed by atoms with E-state index < -0.39 is 0 Å². The highest BCUT2D eigenvalue weighted by Crippen LogP contribution is 2.32. The third-order valence-electron chi connectivity index (χ3n) is 2.56. The van der Waals surface area contributed by atoms with E-state index in [9.17, 15) is 4.79 Å². The van der Waals surface area contributed by atoms with E-state index in [-0.39, 0.29) is 12.5 Å². The molecule has 0 aliphatic heterocycles. The Kier molecular flexibility index (Phi) is 3.34. The Morgan fingerprint density at radius 3 is 3.06 bits per heavy atom. The molecule has 0 amide bonds. The first kappa shape index (κ1) is 10.9. The van der Waals surface area contributed by atoms with Gasteiger partial charge in [0.25, 0.3) is 0 Å². The van der Waals surface area contributed by atoms with Gasteiger partial charge in [-0.1, -0.05) is 0 Å². The fourth-order valence-corrected chi connectivity index (χ4v) is 1.46. The number of nitrogens with one attached hydrogen (secondary N) is 1. The SMILES string of the molecule is COC(=O)CNc1cc(CC2CC2)ncn1. The number of hydrogen-bond donors (Lipinski definition) is 1. The van der Waals surface area contributed by atoms with Crippen LogP contribution >= 0.6 is 0 Å². The molecule has 2 rings (SSSR count). The van der Waals surface area contributed by atoms with E-state index in [4.69, 9.17) is 0 Å². The number of anilines is 1. The highest BCUT2D eigenvalue weighted by atomic mass is 16.5. The first-order valence-electron chi connectivity index (χ1n) is 5.39. The van der Waals surface area contributed by atoms with E-state index in [2.05, 4.69) is 20.0 Å².